The third-order valence-corrected chi connectivity index (χ3v) is 12.1. The zero-order valence-corrected chi connectivity index (χ0v) is 20.5. The molecule has 2 aromatic carbocycles. The maximum atomic E-state index is 2.69. The van der Waals surface area contributed by atoms with Crippen molar-refractivity contribution in [3.05, 3.63) is 81.9 Å². The molecule has 0 aliphatic heterocycles. The molecule has 3 aliphatic rings. The molecule has 0 nitrogen and oxygen atoms in total. The van der Waals surface area contributed by atoms with Crippen LogP contribution in [0.15, 0.2) is 48.6 Å². The molecule has 0 bridgehead atoms. The van der Waals surface area contributed by atoms with E-state index >= 15 is 0 Å². The van der Waals surface area contributed by atoms with Crippen LogP contribution in [0.1, 0.15) is 79.0 Å². The second kappa shape index (κ2) is 8.35. The zero-order valence-electron chi connectivity index (χ0n) is 20.5. The van der Waals surface area contributed by atoms with Crippen molar-refractivity contribution in [3.8, 4) is 0 Å². The zero-order chi connectivity index (χ0) is 20.2. The van der Waals surface area contributed by atoms with Gasteiger partial charge in [-0.05, 0) is 81.6 Å². The molecule has 3 atom stereocenters. The van der Waals surface area contributed by atoms with Crippen LogP contribution >= 0.6 is 0 Å². The van der Waals surface area contributed by atoms with Crippen LogP contribution in [0, 0.1) is 5.92 Å². The van der Waals surface area contributed by atoms with E-state index in [1.54, 1.807) is 27.8 Å². The van der Waals surface area contributed by atoms with Crippen molar-refractivity contribution in [2.75, 3.05) is 0 Å². The van der Waals surface area contributed by atoms with Crippen molar-refractivity contribution >= 4 is 19.7 Å². The summed E-state index contributed by atoms with van der Waals surface area (Å²) in [6, 6.07) is 14.4. The van der Waals surface area contributed by atoms with E-state index in [0.29, 0.717) is 17.0 Å². The number of allylic oxidation sites excluding steroid dienone is 3. The van der Waals surface area contributed by atoms with Crippen LogP contribution in [-0.2, 0) is 12.8 Å². The Morgan fingerprint density at radius 1 is 1.03 bits per heavy atom. The average Bonchev–Trinajstić information content (AvgIpc) is 3.42. The smallest absolute Gasteiger partial charge is 1.00 e. The monoisotopic (exact) mass is 406 g/mol. The molecular weight excluding hydrogens is 371 g/mol. The molecule has 0 heterocycles. The predicted molar refractivity (Wildman–Crippen MR) is 130 cm³/mol. The SMILES string of the molecule is CCCC(C)C1=CC([Si](C)(C)C2C=Cc3cc4c(cc32)CCC4)c2ccccc21.[H-].[Li+]. The van der Waals surface area contributed by atoms with Gasteiger partial charge in [0.1, 0.15) is 0 Å². The fraction of sp³-hybridized carbons (Fsp3) is 0.429. The molecule has 0 amide bonds. The molecule has 3 unspecified atom stereocenters. The van der Waals surface area contributed by atoms with Gasteiger partial charge in [0.15, 0.2) is 0 Å². The van der Waals surface area contributed by atoms with Crippen LogP contribution in [-0.4, -0.2) is 8.07 Å². The molecule has 3 aliphatic carbocycles. The molecular formula is C28H35LiSi. The number of hydrogen-bond acceptors (Lipinski definition) is 0. The molecule has 0 saturated heterocycles. The quantitative estimate of drug-likeness (QED) is 0.626. The Hall–Kier alpha value is -1.27. The molecule has 0 fully saturated rings. The fourth-order valence-electron chi connectivity index (χ4n) is 6.25. The van der Waals surface area contributed by atoms with E-state index in [2.05, 4.69) is 81.6 Å². The van der Waals surface area contributed by atoms with Gasteiger partial charge in [-0.2, -0.15) is 0 Å². The number of hydrogen-bond donors (Lipinski definition) is 0. The molecule has 0 aromatic heterocycles. The first kappa shape index (κ1) is 21.9. The molecule has 5 rings (SSSR count). The Morgan fingerprint density at radius 3 is 2.53 bits per heavy atom. The van der Waals surface area contributed by atoms with E-state index < -0.39 is 8.07 Å². The van der Waals surface area contributed by atoms with Crippen molar-refractivity contribution < 1.29 is 20.3 Å². The van der Waals surface area contributed by atoms with Crippen LogP contribution in [0.4, 0.5) is 0 Å². The van der Waals surface area contributed by atoms with E-state index in [4.69, 9.17) is 0 Å². The first-order chi connectivity index (χ1) is 14.0. The molecule has 30 heavy (non-hydrogen) atoms. The van der Waals surface area contributed by atoms with Gasteiger partial charge in [0, 0.05) is 0 Å². The van der Waals surface area contributed by atoms with E-state index in [1.807, 2.05) is 0 Å². The van der Waals surface area contributed by atoms with Gasteiger partial charge >= 0.3 is 18.9 Å². The van der Waals surface area contributed by atoms with Gasteiger partial charge in [0.25, 0.3) is 0 Å². The number of fused-ring (bicyclic) bond motifs is 3. The Kier molecular flexibility index (Phi) is 6.11. The molecule has 0 spiro atoms. The van der Waals surface area contributed by atoms with Gasteiger partial charge in [-0.3, -0.25) is 0 Å². The molecule has 152 valence electrons. The Bertz CT molecular complexity index is 1020. The minimum Gasteiger partial charge on any atom is -1.00 e. The second-order valence-electron chi connectivity index (χ2n) is 10.1. The van der Waals surface area contributed by atoms with Crippen LogP contribution < -0.4 is 18.9 Å². The summed E-state index contributed by atoms with van der Waals surface area (Å²) >= 11 is 0. The summed E-state index contributed by atoms with van der Waals surface area (Å²) in [5.74, 6) is 0.658. The van der Waals surface area contributed by atoms with Crippen LogP contribution in [0.5, 0.6) is 0 Å². The number of benzene rings is 2. The fourth-order valence-corrected chi connectivity index (χ4v) is 9.94. The summed E-state index contributed by atoms with van der Waals surface area (Å²) in [4.78, 5) is 0. The van der Waals surface area contributed by atoms with E-state index in [9.17, 15) is 0 Å². The van der Waals surface area contributed by atoms with Crippen molar-refractivity contribution in [1.29, 1.82) is 0 Å². The topological polar surface area (TPSA) is 0 Å². The summed E-state index contributed by atoms with van der Waals surface area (Å²) in [7, 11) is -1.65. The maximum Gasteiger partial charge on any atom is 1.00 e. The molecule has 2 aromatic rings. The summed E-state index contributed by atoms with van der Waals surface area (Å²) in [5.41, 5.74) is 12.4. The molecule has 2 heteroatoms. The summed E-state index contributed by atoms with van der Waals surface area (Å²) in [5, 5.41) is 0. The minimum atomic E-state index is -1.65. The van der Waals surface area contributed by atoms with Crippen LogP contribution in [0.3, 0.4) is 0 Å². The second-order valence-corrected chi connectivity index (χ2v) is 15.0. The van der Waals surface area contributed by atoms with Gasteiger partial charge in [-0.1, -0.05) is 88.0 Å². The Morgan fingerprint density at radius 2 is 1.77 bits per heavy atom. The number of rotatable bonds is 5. The Labute approximate surface area is 197 Å². The average molecular weight is 407 g/mol. The first-order valence-corrected chi connectivity index (χ1v) is 14.8. The van der Waals surface area contributed by atoms with Gasteiger partial charge in [0.2, 0.25) is 0 Å². The van der Waals surface area contributed by atoms with Crippen molar-refractivity contribution in [2.24, 2.45) is 5.92 Å². The third-order valence-electron chi connectivity index (χ3n) is 7.91. The first-order valence-electron chi connectivity index (χ1n) is 11.7. The van der Waals surface area contributed by atoms with Crippen molar-refractivity contribution in [1.82, 2.24) is 0 Å². The maximum absolute atomic E-state index is 2.69. The number of aryl methyl sites for hydroxylation is 2. The van der Waals surface area contributed by atoms with Gasteiger partial charge in [-0.25, -0.2) is 0 Å². The normalized spacial score (nSPS) is 22.2. The van der Waals surface area contributed by atoms with E-state index in [1.165, 1.54) is 43.2 Å². The van der Waals surface area contributed by atoms with Crippen LogP contribution in [0.2, 0.25) is 13.1 Å². The van der Waals surface area contributed by atoms with E-state index in [-0.39, 0.29) is 20.3 Å². The summed E-state index contributed by atoms with van der Waals surface area (Å²) in [6.45, 7) is 10.0. The minimum absolute atomic E-state index is 0. The van der Waals surface area contributed by atoms with Gasteiger partial charge in [-0.15, -0.1) is 0 Å². The Balaban J connectivity index is 0.00000136. The van der Waals surface area contributed by atoms with Crippen molar-refractivity contribution in [2.45, 2.75) is 70.1 Å². The van der Waals surface area contributed by atoms with Gasteiger partial charge in [0.05, 0.1) is 8.07 Å². The van der Waals surface area contributed by atoms with Gasteiger partial charge < -0.3 is 1.43 Å². The van der Waals surface area contributed by atoms with Crippen molar-refractivity contribution in [3.63, 3.8) is 0 Å². The summed E-state index contributed by atoms with van der Waals surface area (Å²) in [6.07, 6.45) is 14.1. The molecule has 0 saturated carbocycles. The predicted octanol–water partition coefficient (Wildman–Crippen LogP) is 4.81. The third kappa shape index (κ3) is 3.44. The van der Waals surface area contributed by atoms with Crippen LogP contribution in [0.25, 0.3) is 11.6 Å². The molecule has 0 radical (unpaired) electrons. The molecule has 0 N–H and O–H groups in total. The standard InChI is InChI=1S/C28H34Si.Li.H/c1-5-9-19(2)25-18-28(24-13-7-6-12-23(24)25)29(3,4)27-15-14-22-16-20-10-8-11-21(20)17-26(22)27;;/h6-7,12-19,27-28H,5,8-11H2,1-4H3;;/q;+1;-1. The van der Waals surface area contributed by atoms with E-state index in [0.717, 1.165) is 0 Å². The largest absolute Gasteiger partial charge is 1.00 e. The summed E-state index contributed by atoms with van der Waals surface area (Å²) < 4.78 is 0.